The Hall–Kier alpha value is -8.22. The third-order valence-corrected chi connectivity index (χ3v) is 19.5. The fourth-order valence-corrected chi connectivity index (χ4v) is 10.2. The first kappa shape index (κ1) is 87.8. The SMILES string of the molecule is Cc1c(C)c(C)c(C)c(C)c1C.Cc1cc(C)c(C)c(C)c1.Cc1cc(C)c(C)c(C)c1.Cc1cc(C)c(C)c(F)c1.Cc1cc(F)cc(C)c1C.Cc1cc(F)cc(C)c1C.Cc1ccc(F)cc1F.Cc1cccc(C)c1C.Cc1cccc(C)c1C.Cc1cccc(F)c1C. The molecule has 0 saturated carbocycles. The van der Waals surface area contributed by atoms with Crippen LogP contribution >= 0.6 is 0 Å². The molecule has 0 aliphatic heterocycles. The molecule has 0 spiro atoms. The van der Waals surface area contributed by atoms with Crippen molar-refractivity contribution < 1.29 is 26.3 Å². The quantitative estimate of drug-likeness (QED) is 0.133. The Labute approximate surface area is 591 Å². The first-order valence-electron chi connectivity index (χ1n) is 33.9. The van der Waals surface area contributed by atoms with Gasteiger partial charge in [-0.1, -0.05) is 96.1 Å². The van der Waals surface area contributed by atoms with E-state index in [0.717, 1.165) is 56.1 Å². The van der Waals surface area contributed by atoms with Crippen LogP contribution in [0.4, 0.5) is 26.3 Å². The summed E-state index contributed by atoms with van der Waals surface area (Å²) in [6.07, 6.45) is 0. The van der Waals surface area contributed by atoms with Crippen LogP contribution in [0.2, 0.25) is 0 Å². The van der Waals surface area contributed by atoms with E-state index in [1.807, 2.05) is 74.4 Å². The normalized spacial score (nSPS) is 9.94. The molecule has 0 aliphatic rings. The minimum Gasteiger partial charge on any atom is -0.207 e. The van der Waals surface area contributed by atoms with Crippen LogP contribution < -0.4 is 0 Å². The van der Waals surface area contributed by atoms with Gasteiger partial charge in [0.2, 0.25) is 0 Å². The van der Waals surface area contributed by atoms with Gasteiger partial charge in [0.1, 0.15) is 34.9 Å². The highest BCUT2D eigenvalue weighted by molar-refractivity contribution is 5.49. The molecule has 0 heterocycles. The van der Waals surface area contributed by atoms with Gasteiger partial charge < -0.3 is 0 Å². The average molecular weight is 1340 g/mol. The third-order valence-electron chi connectivity index (χ3n) is 19.5. The molecule has 0 bridgehead atoms. The van der Waals surface area contributed by atoms with E-state index in [4.69, 9.17) is 0 Å². The Balaban J connectivity index is 0.000000545. The van der Waals surface area contributed by atoms with Crippen molar-refractivity contribution in [2.75, 3.05) is 0 Å². The minimum absolute atomic E-state index is 0.0995. The summed E-state index contributed by atoms with van der Waals surface area (Å²) in [6.45, 7) is 66.0. The maximum absolute atomic E-state index is 12.8. The number of hydrogen-bond acceptors (Lipinski definition) is 0. The van der Waals surface area contributed by atoms with E-state index in [0.29, 0.717) is 5.56 Å². The predicted octanol–water partition coefficient (Wildman–Crippen LogP) is 27.6. The average Bonchev–Trinajstić information content (AvgIpc) is 0.807. The summed E-state index contributed by atoms with van der Waals surface area (Å²) in [5.41, 5.74) is 39.7. The zero-order valence-corrected chi connectivity index (χ0v) is 66.0. The van der Waals surface area contributed by atoms with E-state index in [2.05, 4.69) is 199 Å². The summed E-state index contributed by atoms with van der Waals surface area (Å²) in [6, 6.07) is 40.0. The first-order valence-corrected chi connectivity index (χ1v) is 33.9. The second kappa shape index (κ2) is 41.9. The van der Waals surface area contributed by atoms with Crippen molar-refractivity contribution in [2.45, 2.75) is 222 Å². The van der Waals surface area contributed by atoms with Crippen LogP contribution in [0.1, 0.15) is 178 Å². The van der Waals surface area contributed by atoms with Gasteiger partial charge in [-0.05, 0) is 431 Å². The van der Waals surface area contributed by atoms with E-state index < -0.39 is 11.6 Å². The van der Waals surface area contributed by atoms with Gasteiger partial charge in [0.25, 0.3) is 0 Å². The summed E-state index contributed by atoms with van der Waals surface area (Å²) < 4.78 is 75.1. The molecule has 10 aromatic rings. The lowest BCUT2D eigenvalue weighted by Crippen LogP contribution is -1.98. The summed E-state index contributed by atoms with van der Waals surface area (Å²) in [7, 11) is 0. The number of rotatable bonds is 0. The summed E-state index contributed by atoms with van der Waals surface area (Å²) >= 11 is 0. The molecule has 0 saturated heterocycles. The Kier molecular flexibility index (Phi) is 37.5. The largest absolute Gasteiger partial charge is 0.207 e. The molecule has 0 radical (unpaired) electrons. The van der Waals surface area contributed by atoms with Crippen LogP contribution in [-0.4, -0.2) is 0 Å². The monoisotopic (exact) mass is 1340 g/mol. The molecule has 0 nitrogen and oxygen atoms in total. The summed E-state index contributed by atoms with van der Waals surface area (Å²) in [5, 5.41) is 0. The van der Waals surface area contributed by atoms with Crippen LogP contribution in [0.15, 0.2) is 133 Å². The third kappa shape index (κ3) is 29.1. The Morgan fingerprint density at radius 1 is 0.143 bits per heavy atom. The van der Waals surface area contributed by atoms with Crippen molar-refractivity contribution in [3.63, 3.8) is 0 Å². The van der Waals surface area contributed by atoms with Crippen molar-refractivity contribution in [3.8, 4) is 0 Å². The number of hydrogen-bond donors (Lipinski definition) is 0. The minimum atomic E-state index is -0.530. The van der Waals surface area contributed by atoms with E-state index in [1.165, 1.54) is 141 Å². The maximum Gasteiger partial charge on any atom is 0.129 e. The summed E-state index contributed by atoms with van der Waals surface area (Å²) in [5.74, 6) is -1.51. The molecule has 0 unspecified atom stereocenters. The smallest absolute Gasteiger partial charge is 0.129 e. The molecule has 98 heavy (non-hydrogen) atoms. The van der Waals surface area contributed by atoms with E-state index in [9.17, 15) is 26.3 Å². The lowest BCUT2D eigenvalue weighted by molar-refractivity contribution is 0.577. The van der Waals surface area contributed by atoms with Gasteiger partial charge in [-0.25, -0.2) is 26.3 Å². The van der Waals surface area contributed by atoms with Gasteiger partial charge in [0, 0.05) is 6.07 Å². The molecule has 10 aromatic carbocycles. The van der Waals surface area contributed by atoms with E-state index in [1.54, 1.807) is 57.2 Å². The van der Waals surface area contributed by atoms with Gasteiger partial charge in [0.15, 0.2) is 0 Å². The van der Waals surface area contributed by atoms with Crippen molar-refractivity contribution in [2.24, 2.45) is 0 Å². The standard InChI is InChI=1S/C12H18.2C10H14.3C9H11F.2C9H12.C8H9F.C7H6F2/c1-7-8(2)10(4)12(6)11(5)9(7)3;2*1-7-5-8(2)10(4)9(3)6-7;2*1-6-4-9(10)5-7(2)8(6)3;1-6-4-7(2)8(3)9(10)5-6;2*1-7-5-4-6-8(2)9(7)3;1-6-4-3-5-8(9)7(6)2;1-5-2-3-6(8)4-7(5)9/h1-6H3;2*5-6H,1-4H3;3*4-5H,1-3H3;2*4-6H,1-3H3;3-5H,1-2H3;2-4H,1H3. The fraction of sp³-hybridized carbons (Fsp3) is 0.348. The van der Waals surface area contributed by atoms with Crippen LogP contribution in [0.5, 0.6) is 0 Å². The fourth-order valence-electron chi connectivity index (χ4n) is 10.2. The van der Waals surface area contributed by atoms with E-state index >= 15 is 0 Å². The summed E-state index contributed by atoms with van der Waals surface area (Å²) in [4.78, 5) is 0. The number of benzene rings is 10. The van der Waals surface area contributed by atoms with Crippen LogP contribution in [0.25, 0.3) is 0 Å². The van der Waals surface area contributed by atoms with Crippen LogP contribution in [0.3, 0.4) is 0 Å². The molecule has 10 rings (SSSR count). The molecular weight excluding hydrogens is 1220 g/mol. The molecule has 0 fully saturated rings. The van der Waals surface area contributed by atoms with Crippen LogP contribution in [0, 0.1) is 256 Å². The second-order valence-electron chi connectivity index (χ2n) is 26.9. The molecule has 6 heteroatoms. The zero-order valence-electron chi connectivity index (χ0n) is 66.0. The lowest BCUT2D eigenvalue weighted by atomic mass is 9.90. The topological polar surface area (TPSA) is 0 Å². The molecule has 0 aromatic heterocycles. The molecule has 528 valence electrons. The predicted molar refractivity (Wildman–Crippen MR) is 416 cm³/mol. The zero-order chi connectivity index (χ0) is 75.5. The Bertz CT molecular complexity index is 3510. The lowest BCUT2D eigenvalue weighted by Gasteiger charge is -2.15. The van der Waals surface area contributed by atoms with Gasteiger partial charge in [-0.15, -0.1) is 0 Å². The first-order chi connectivity index (χ1) is 45.4. The van der Waals surface area contributed by atoms with Gasteiger partial charge in [0.05, 0.1) is 0 Å². The Morgan fingerprint density at radius 3 is 0.582 bits per heavy atom. The van der Waals surface area contributed by atoms with Crippen molar-refractivity contribution >= 4 is 0 Å². The Morgan fingerprint density at radius 2 is 0.357 bits per heavy atom. The van der Waals surface area contributed by atoms with Crippen molar-refractivity contribution in [1.82, 2.24) is 0 Å². The van der Waals surface area contributed by atoms with Crippen molar-refractivity contribution in [1.29, 1.82) is 0 Å². The highest BCUT2D eigenvalue weighted by Crippen LogP contribution is 2.25. The van der Waals surface area contributed by atoms with E-state index in [-0.39, 0.29) is 23.3 Å². The highest BCUT2D eigenvalue weighted by Gasteiger charge is 2.09. The molecule has 0 atom stereocenters. The molecule has 0 aliphatic carbocycles. The van der Waals surface area contributed by atoms with Gasteiger partial charge >= 0.3 is 0 Å². The molecular formula is C92H118F6. The second-order valence-corrected chi connectivity index (χ2v) is 26.9. The molecule has 0 N–H and O–H groups in total. The van der Waals surface area contributed by atoms with Gasteiger partial charge in [-0.2, -0.15) is 0 Å². The van der Waals surface area contributed by atoms with Crippen LogP contribution in [-0.2, 0) is 0 Å². The van der Waals surface area contributed by atoms with Crippen molar-refractivity contribution in [3.05, 3.63) is 346 Å². The number of aryl methyl sites for hydroxylation is 18. The number of halogens is 6. The molecule has 0 amide bonds. The highest BCUT2D eigenvalue weighted by atomic mass is 19.1. The maximum atomic E-state index is 12.8. The van der Waals surface area contributed by atoms with Gasteiger partial charge in [-0.3, -0.25) is 0 Å².